The average Bonchev–Trinajstić information content (AvgIpc) is 2.43. The minimum absolute atomic E-state index is 0.151. The molecule has 0 fully saturated rings. The van der Waals surface area contributed by atoms with Crippen molar-refractivity contribution in [3.8, 4) is 11.4 Å². The molecule has 0 aliphatic rings. The molecular weight excluding hydrogens is 240 g/mol. The largest absolute Gasteiger partial charge is 0.398 e. The summed E-state index contributed by atoms with van der Waals surface area (Å²) in [5, 5.41) is 0.456. The molecular formula is C14H12N4O. The van der Waals surface area contributed by atoms with Gasteiger partial charge in [-0.05, 0) is 24.3 Å². The van der Waals surface area contributed by atoms with Crippen LogP contribution in [0.1, 0.15) is 0 Å². The Kier molecular flexibility index (Phi) is 2.52. The van der Waals surface area contributed by atoms with Crippen molar-refractivity contribution in [1.82, 2.24) is 14.5 Å². The lowest BCUT2D eigenvalue weighted by Crippen LogP contribution is -2.21. The minimum Gasteiger partial charge on any atom is -0.398 e. The summed E-state index contributed by atoms with van der Waals surface area (Å²) >= 11 is 0. The van der Waals surface area contributed by atoms with Gasteiger partial charge in [0.05, 0.1) is 10.9 Å². The maximum Gasteiger partial charge on any atom is 0.263 e. The summed E-state index contributed by atoms with van der Waals surface area (Å²) in [6.07, 6.45) is 3.36. The third-order valence-electron chi connectivity index (χ3n) is 3.06. The first-order valence-corrected chi connectivity index (χ1v) is 5.84. The van der Waals surface area contributed by atoms with Crippen LogP contribution in [-0.2, 0) is 7.05 Å². The quantitative estimate of drug-likeness (QED) is 0.667. The zero-order chi connectivity index (χ0) is 13.4. The van der Waals surface area contributed by atoms with E-state index in [1.807, 2.05) is 12.1 Å². The molecule has 0 bridgehead atoms. The van der Waals surface area contributed by atoms with Gasteiger partial charge < -0.3 is 5.73 Å². The number of rotatable bonds is 1. The second kappa shape index (κ2) is 4.20. The van der Waals surface area contributed by atoms with E-state index >= 15 is 0 Å². The summed E-state index contributed by atoms with van der Waals surface area (Å²) in [6, 6.07) is 8.96. The van der Waals surface area contributed by atoms with Crippen LogP contribution in [0.2, 0.25) is 0 Å². The lowest BCUT2D eigenvalue weighted by Gasteiger charge is -2.09. The third kappa shape index (κ3) is 1.76. The molecule has 0 radical (unpaired) electrons. The third-order valence-corrected chi connectivity index (χ3v) is 3.06. The molecule has 94 valence electrons. The van der Waals surface area contributed by atoms with Crippen molar-refractivity contribution in [3.63, 3.8) is 0 Å². The Morgan fingerprint density at radius 3 is 2.79 bits per heavy atom. The molecule has 3 aromatic rings. The molecule has 5 heteroatoms. The molecule has 0 amide bonds. The second-order valence-electron chi connectivity index (χ2n) is 4.28. The fourth-order valence-electron chi connectivity index (χ4n) is 2.09. The van der Waals surface area contributed by atoms with Gasteiger partial charge in [0.25, 0.3) is 5.56 Å². The molecule has 0 aliphatic carbocycles. The van der Waals surface area contributed by atoms with E-state index in [1.54, 1.807) is 37.6 Å². The van der Waals surface area contributed by atoms with Gasteiger partial charge in [-0.2, -0.15) is 0 Å². The van der Waals surface area contributed by atoms with Crippen molar-refractivity contribution < 1.29 is 0 Å². The molecule has 5 nitrogen and oxygen atoms in total. The Bertz CT molecular complexity index is 809. The Morgan fingerprint density at radius 2 is 2.05 bits per heavy atom. The number of nitrogen functional groups attached to an aromatic ring is 1. The molecule has 0 spiro atoms. The Balaban J connectivity index is 2.41. The molecule has 2 aromatic heterocycles. The van der Waals surface area contributed by atoms with E-state index in [9.17, 15) is 4.79 Å². The molecule has 1 aromatic carbocycles. The predicted molar refractivity (Wildman–Crippen MR) is 74.6 cm³/mol. The van der Waals surface area contributed by atoms with Gasteiger partial charge in [0.2, 0.25) is 0 Å². The summed E-state index contributed by atoms with van der Waals surface area (Å²) in [5.41, 5.74) is 7.54. The van der Waals surface area contributed by atoms with Crippen molar-refractivity contribution >= 4 is 16.6 Å². The van der Waals surface area contributed by atoms with Crippen molar-refractivity contribution in [2.75, 3.05) is 5.73 Å². The van der Waals surface area contributed by atoms with Crippen LogP contribution in [0.4, 0.5) is 5.69 Å². The molecule has 0 aliphatic heterocycles. The van der Waals surface area contributed by atoms with Gasteiger partial charge in [0.15, 0.2) is 0 Å². The number of nitrogens with two attached hydrogens (primary N) is 1. The summed E-state index contributed by atoms with van der Waals surface area (Å²) in [6.45, 7) is 0. The first-order chi connectivity index (χ1) is 9.18. The number of benzene rings is 1. The van der Waals surface area contributed by atoms with E-state index in [4.69, 9.17) is 5.73 Å². The first kappa shape index (κ1) is 11.4. The summed E-state index contributed by atoms with van der Waals surface area (Å²) in [5.74, 6) is 0.580. The monoisotopic (exact) mass is 252 g/mol. The smallest absolute Gasteiger partial charge is 0.263 e. The van der Waals surface area contributed by atoms with Gasteiger partial charge in [-0.1, -0.05) is 6.07 Å². The van der Waals surface area contributed by atoms with E-state index in [0.717, 1.165) is 5.56 Å². The number of fused-ring (bicyclic) bond motifs is 1. The van der Waals surface area contributed by atoms with Crippen molar-refractivity contribution in [2.24, 2.45) is 7.05 Å². The Hall–Kier alpha value is -2.69. The zero-order valence-corrected chi connectivity index (χ0v) is 10.4. The summed E-state index contributed by atoms with van der Waals surface area (Å²) in [4.78, 5) is 20.9. The maximum atomic E-state index is 12.4. The van der Waals surface area contributed by atoms with Crippen molar-refractivity contribution in [2.45, 2.75) is 0 Å². The minimum atomic E-state index is -0.151. The average molecular weight is 252 g/mol. The van der Waals surface area contributed by atoms with E-state index in [1.165, 1.54) is 4.57 Å². The normalized spacial score (nSPS) is 10.8. The molecule has 2 N–H and O–H groups in total. The van der Waals surface area contributed by atoms with Crippen molar-refractivity contribution in [1.29, 1.82) is 0 Å². The first-order valence-electron chi connectivity index (χ1n) is 5.84. The number of hydrogen-bond acceptors (Lipinski definition) is 4. The predicted octanol–water partition coefficient (Wildman–Crippen LogP) is 1.58. The van der Waals surface area contributed by atoms with Crippen LogP contribution in [0.3, 0.4) is 0 Å². The van der Waals surface area contributed by atoms with Gasteiger partial charge in [0.1, 0.15) is 5.82 Å². The number of hydrogen-bond donors (Lipinski definition) is 1. The molecule has 0 saturated carbocycles. The lowest BCUT2D eigenvalue weighted by molar-refractivity contribution is 0.855. The molecule has 0 saturated heterocycles. The molecule has 2 heterocycles. The number of aromatic nitrogens is 3. The second-order valence-corrected chi connectivity index (χ2v) is 4.28. The van der Waals surface area contributed by atoms with Gasteiger partial charge >= 0.3 is 0 Å². The van der Waals surface area contributed by atoms with Crippen LogP contribution in [-0.4, -0.2) is 14.5 Å². The molecule has 3 rings (SSSR count). The topological polar surface area (TPSA) is 73.8 Å². The van der Waals surface area contributed by atoms with Crippen molar-refractivity contribution in [3.05, 3.63) is 53.1 Å². The SMILES string of the molecule is Cn1c(-c2cccnc2)nc2cccc(N)c2c1=O. The fraction of sp³-hybridized carbons (Fsp3) is 0.0714. The van der Waals surface area contributed by atoms with Crippen LogP contribution in [0.15, 0.2) is 47.5 Å². The zero-order valence-electron chi connectivity index (χ0n) is 10.4. The van der Waals surface area contributed by atoms with Crippen LogP contribution in [0.25, 0.3) is 22.3 Å². The van der Waals surface area contributed by atoms with Gasteiger partial charge in [-0.3, -0.25) is 14.3 Å². The van der Waals surface area contributed by atoms with Gasteiger partial charge in [0, 0.05) is 30.7 Å². The van der Waals surface area contributed by atoms with Crippen LogP contribution < -0.4 is 11.3 Å². The number of pyridine rings is 1. The lowest BCUT2D eigenvalue weighted by atomic mass is 10.2. The fourth-order valence-corrected chi connectivity index (χ4v) is 2.09. The highest BCUT2D eigenvalue weighted by atomic mass is 16.1. The highest BCUT2D eigenvalue weighted by Crippen LogP contribution is 2.20. The Morgan fingerprint density at radius 1 is 1.21 bits per heavy atom. The van der Waals surface area contributed by atoms with Crippen LogP contribution in [0, 0.1) is 0 Å². The standard InChI is InChI=1S/C14H12N4O/c1-18-13(9-4-3-7-16-8-9)17-11-6-2-5-10(15)12(11)14(18)19/h2-8H,15H2,1H3. The number of nitrogens with zero attached hydrogens (tertiary/aromatic N) is 3. The van der Waals surface area contributed by atoms with E-state index < -0.39 is 0 Å². The maximum absolute atomic E-state index is 12.4. The van der Waals surface area contributed by atoms with Gasteiger partial charge in [-0.15, -0.1) is 0 Å². The van der Waals surface area contributed by atoms with Crippen LogP contribution in [0.5, 0.6) is 0 Å². The highest BCUT2D eigenvalue weighted by molar-refractivity contribution is 5.90. The molecule has 19 heavy (non-hydrogen) atoms. The Labute approximate surface area is 109 Å². The van der Waals surface area contributed by atoms with Crippen LogP contribution >= 0.6 is 0 Å². The van der Waals surface area contributed by atoms with E-state index in [0.29, 0.717) is 22.4 Å². The number of anilines is 1. The molecule has 0 atom stereocenters. The molecule has 0 unspecified atom stereocenters. The van der Waals surface area contributed by atoms with Gasteiger partial charge in [-0.25, -0.2) is 4.98 Å². The summed E-state index contributed by atoms with van der Waals surface area (Å²) in [7, 11) is 1.68. The summed E-state index contributed by atoms with van der Waals surface area (Å²) < 4.78 is 1.50. The van der Waals surface area contributed by atoms with E-state index in [-0.39, 0.29) is 5.56 Å². The van der Waals surface area contributed by atoms with E-state index in [2.05, 4.69) is 9.97 Å². The highest BCUT2D eigenvalue weighted by Gasteiger charge is 2.11.